The lowest BCUT2D eigenvalue weighted by atomic mass is 10.1. The maximum Gasteiger partial charge on any atom is 0.229 e. The molecule has 0 spiro atoms. The van der Waals surface area contributed by atoms with Gasteiger partial charge in [-0.1, -0.05) is 0 Å². The largest absolute Gasteiger partial charge is 0.381 e. The molecular weight excluding hydrogens is 416 g/mol. The van der Waals surface area contributed by atoms with Crippen LogP contribution in [0.2, 0.25) is 0 Å². The number of benzene rings is 1. The second kappa shape index (κ2) is 9.98. The predicted octanol–water partition coefficient (Wildman–Crippen LogP) is 3.47. The van der Waals surface area contributed by atoms with Crippen molar-refractivity contribution in [3.63, 3.8) is 0 Å². The van der Waals surface area contributed by atoms with E-state index >= 15 is 0 Å². The maximum absolute atomic E-state index is 9.01. The predicted molar refractivity (Wildman–Crippen MR) is 126 cm³/mol. The summed E-state index contributed by atoms with van der Waals surface area (Å²) >= 11 is 0. The van der Waals surface area contributed by atoms with E-state index in [4.69, 9.17) is 15.0 Å². The van der Waals surface area contributed by atoms with Crippen molar-refractivity contribution in [1.82, 2.24) is 25.1 Å². The van der Waals surface area contributed by atoms with E-state index in [1.54, 1.807) is 12.1 Å². The molecule has 2 aliphatic rings. The van der Waals surface area contributed by atoms with Gasteiger partial charge in [-0.15, -0.1) is 0 Å². The van der Waals surface area contributed by atoms with Crippen LogP contribution in [0.25, 0.3) is 11.1 Å². The van der Waals surface area contributed by atoms with Gasteiger partial charge in [0.05, 0.1) is 23.9 Å². The monoisotopic (exact) mass is 444 g/mol. The molecule has 170 valence electrons. The summed E-state index contributed by atoms with van der Waals surface area (Å²) in [6.45, 7) is 3.52. The van der Waals surface area contributed by atoms with E-state index in [0.717, 1.165) is 74.6 Å². The third-order valence-corrected chi connectivity index (χ3v) is 6.17. The van der Waals surface area contributed by atoms with Crippen molar-refractivity contribution >= 4 is 17.5 Å². The summed E-state index contributed by atoms with van der Waals surface area (Å²) in [5.74, 6) is 1.30. The van der Waals surface area contributed by atoms with E-state index in [-0.39, 0.29) is 0 Å². The summed E-state index contributed by atoms with van der Waals surface area (Å²) in [6, 6.07) is 10.1. The van der Waals surface area contributed by atoms with Gasteiger partial charge in [-0.2, -0.15) is 15.3 Å². The molecule has 0 bridgehead atoms. The number of hydrogen-bond donors (Lipinski definition) is 3. The van der Waals surface area contributed by atoms with Crippen LogP contribution in [0, 0.1) is 11.3 Å². The average molecular weight is 445 g/mol. The standard InChI is InChI=1S/C24H28N8O/c25-12-17-3-5-19(6-4-17)30-24-27-15-22(23(31-24)29-20-2-1-9-26-14-20)18-13-28-32(16-18)21-7-10-33-11-8-21/h3-6,13,15-16,20-21,26H,1-2,7-11,14H2,(H2,27,29,30,31). The number of aromatic nitrogens is 4. The van der Waals surface area contributed by atoms with Crippen molar-refractivity contribution < 1.29 is 4.74 Å². The molecule has 1 unspecified atom stereocenters. The molecule has 0 aliphatic carbocycles. The lowest BCUT2D eigenvalue weighted by Crippen LogP contribution is -2.38. The highest BCUT2D eigenvalue weighted by Crippen LogP contribution is 2.30. The first-order valence-corrected chi connectivity index (χ1v) is 11.5. The van der Waals surface area contributed by atoms with Crippen LogP contribution >= 0.6 is 0 Å². The fourth-order valence-corrected chi connectivity index (χ4v) is 4.32. The maximum atomic E-state index is 9.01. The van der Waals surface area contributed by atoms with Crippen molar-refractivity contribution in [2.45, 2.75) is 37.8 Å². The fourth-order valence-electron chi connectivity index (χ4n) is 4.32. The molecule has 2 fully saturated rings. The quantitative estimate of drug-likeness (QED) is 0.530. The van der Waals surface area contributed by atoms with Gasteiger partial charge in [-0.25, -0.2) is 4.98 Å². The molecule has 2 saturated heterocycles. The number of nitrogens with one attached hydrogen (secondary N) is 3. The third-order valence-electron chi connectivity index (χ3n) is 6.17. The lowest BCUT2D eigenvalue weighted by molar-refractivity contribution is 0.0662. The smallest absolute Gasteiger partial charge is 0.229 e. The molecule has 0 radical (unpaired) electrons. The normalized spacial score (nSPS) is 19.1. The molecule has 33 heavy (non-hydrogen) atoms. The van der Waals surface area contributed by atoms with Gasteiger partial charge in [0.2, 0.25) is 5.95 Å². The highest BCUT2D eigenvalue weighted by molar-refractivity contribution is 5.75. The molecule has 0 amide bonds. The van der Waals surface area contributed by atoms with Crippen LogP contribution < -0.4 is 16.0 Å². The van der Waals surface area contributed by atoms with Crippen LogP contribution in [0.1, 0.15) is 37.3 Å². The molecule has 1 aromatic carbocycles. The number of hydrogen-bond acceptors (Lipinski definition) is 8. The highest BCUT2D eigenvalue weighted by atomic mass is 16.5. The number of piperidine rings is 1. The van der Waals surface area contributed by atoms with Crippen molar-refractivity contribution in [2.75, 3.05) is 36.9 Å². The highest BCUT2D eigenvalue weighted by Gasteiger charge is 2.20. The van der Waals surface area contributed by atoms with Gasteiger partial charge in [-0.3, -0.25) is 4.68 Å². The summed E-state index contributed by atoms with van der Waals surface area (Å²) in [7, 11) is 0. The van der Waals surface area contributed by atoms with Crippen LogP contribution in [-0.4, -0.2) is 52.1 Å². The van der Waals surface area contributed by atoms with Gasteiger partial charge >= 0.3 is 0 Å². The van der Waals surface area contributed by atoms with Crippen molar-refractivity contribution in [3.8, 4) is 17.2 Å². The first-order chi connectivity index (χ1) is 16.3. The molecule has 2 aliphatic heterocycles. The summed E-state index contributed by atoms with van der Waals surface area (Å²) in [6.07, 6.45) is 10.0. The fraction of sp³-hybridized carbons (Fsp3) is 0.417. The van der Waals surface area contributed by atoms with Crippen molar-refractivity contribution in [1.29, 1.82) is 5.26 Å². The number of ether oxygens (including phenoxy) is 1. The minimum atomic E-state index is 0.306. The topological polar surface area (TPSA) is 113 Å². The van der Waals surface area contributed by atoms with Gasteiger partial charge in [0.25, 0.3) is 0 Å². The lowest BCUT2D eigenvalue weighted by Gasteiger charge is -2.25. The van der Waals surface area contributed by atoms with Gasteiger partial charge < -0.3 is 20.7 Å². The zero-order valence-electron chi connectivity index (χ0n) is 18.5. The summed E-state index contributed by atoms with van der Waals surface area (Å²) in [4.78, 5) is 9.39. The van der Waals surface area contributed by atoms with Gasteiger partial charge in [0, 0.05) is 55.0 Å². The molecule has 9 heteroatoms. The number of rotatable bonds is 6. The van der Waals surface area contributed by atoms with Crippen LogP contribution in [0.3, 0.4) is 0 Å². The summed E-state index contributed by atoms with van der Waals surface area (Å²) in [5, 5.41) is 24.0. The zero-order valence-corrected chi connectivity index (χ0v) is 18.5. The van der Waals surface area contributed by atoms with Crippen LogP contribution in [-0.2, 0) is 4.74 Å². The van der Waals surface area contributed by atoms with Gasteiger partial charge in [-0.05, 0) is 56.5 Å². The molecule has 9 nitrogen and oxygen atoms in total. The molecule has 1 atom stereocenters. The third kappa shape index (κ3) is 5.13. The van der Waals surface area contributed by atoms with E-state index in [1.807, 2.05) is 29.2 Å². The Labute approximate surface area is 193 Å². The zero-order chi connectivity index (χ0) is 22.5. The van der Waals surface area contributed by atoms with Crippen molar-refractivity contribution in [2.24, 2.45) is 0 Å². The number of nitriles is 1. The Hall–Kier alpha value is -3.48. The summed E-state index contributed by atoms with van der Waals surface area (Å²) < 4.78 is 7.54. The Kier molecular flexibility index (Phi) is 6.46. The van der Waals surface area contributed by atoms with Crippen LogP contribution in [0.4, 0.5) is 17.5 Å². The molecule has 4 heterocycles. The van der Waals surface area contributed by atoms with Crippen LogP contribution in [0.5, 0.6) is 0 Å². The SMILES string of the molecule is N#Cc1ccc(Nc2ncc(-c3cnn(C4CCOCC4)c3)c(NC3CCCNC3)n2)cc1. The van der Waals surface area contributed by atoms with Crippen molar-refractivity contribution in [3.05, 3.63) is 48.4 Å². The Morgan fingerprint density at radius 1 is 1.12 bits per heavy atom. The van der Waals surface area contributed by atoms with E-state index < -0.39 is 0 Å². The Balaban J connectivity index is 1.42. The number of anilines is 3. The minimum Gasteiger partial charge on any atom is -0.381 e. The van der Waals surface area contributed by atoms with E-state index in [2.05, 4.69) is 38.3 Å². The van der Waals surface area contributed by atoms with Gasteiger partial charge in [0.1, 0.15) is 5.82 Å². The van der Waals surface area contributed by atoms with Crippen LogP contribution in [0.15, 0.2) is 42.9 Å². The Morgan fingerprint density at radius 3 is 2.73 bits per heavy atom. The van der Waals surface area contributed by atoms with E-state index in [1.165, 1.54) is 0 Å². The first kappa shape index (κ1) is 21.4. The second-order valence-electron chi connectivity index (χ2n) is 8.51. The second-order valence-corrected chi connectivity index (χ2v) is 8.51. The van der Waals surface area contributed by atoms with Gasteiger partial charge in [0.15, 0.2) is 0 Å². The molecule has 2 aromatic heterocycles. The minimum absolute atomic E-state index is 0.306. The first-order valence-electron chi connectivity index (χ1n) is 11.5. The molecule has 0 saturated carbocycles. The number of nitrogens with zero attached hydrogens (tertiary/aromatic N) is 5. The van der Waals surface area contributed by atoms with E-state index in [0.29, 0.717) is 23.6 Å². The Bertz CT molecular complexity index is 1110. The van der Waals surface area contributed by atoms with E-state index in [9.17, 15) is 0 Å². The molecule has 3 N–H and O–H groups in total. The molecule has 3 aromatic rings. The summed E-state index contributed by atoms with van der Waals surface area (Å²) in [5.41, 5.74) is 3.38. The molecule has 5 rings (SSSR count). The average Bonchev–Trinajstić information content (AvgIpc) is 3.36. The Morgan fingerprint density at radius 2 is 1.97 bits per heavy atom. The molecular formula is C24H28N8O.